The number of hydrogen-bond donors (Lipinski definition) is 1. The highest BCUT2D eigenvalue weighted by Gasteiger charge is 2.06. The summed E-state index contributed by atoms with van der Waals surface area (Å²) in [5, 5.41) is 4.86. The number of ether oxygens (including phenoxy) is 1. The summed E-state index contributed by atoms with van der Waals surface area (Å²) in [5.74, 6) is 0.321. The first-order valence-corrected chi connectivity index (χ1v) is 8.72. The van der Waals surface area contributed by atoms with Gasteiger partial charge >= 0.3 is 0 Å². The van der Waals surface area contributed by atoms with E-state index in [9.17, 15) is 4.79 Å². The molecule has 0 spiro atoms. The number of nitrogens with one attached hydrogen (secondary N) is 1. The van der Waals surface area contributed by atoms with E-state index in [4.69, 9.17) is 27.9 Å². The molecule has 4 nitrogen and oxygen atoms in total. The third-order valence-electron chi connectivity index (χ3n) is 3.12. The molecule has 2 rings (SSSR count). The molecule has 0 heterocycles. The van der Waals surface area contributed by atoms with Crippen LogP contribution in [0.2, 0.25) is 10.0 Å². The number of hydrazone groups is 1. The van der Waals surface area contributed by atoms with Crippen molar-refractivity contribution in [2.45, 2.75) is 13.3 Å². The third-order valence-corrected chi connectivity index (χ3v) is 4.17. The summed E-state index contributed by atoms with van der Waals surface area (Å²) in [5.41, 5.74) is 4.07. The second kappa shape index (κ2) is 9.06. The lowest BCUT2D eigenvalue weighted by Gasteiger charge is -2.10. The summed E-state index contributed by atoms with van der Waals surface area (Å²) >= 11 is 15.2. The molecule has 0 bridgehead atoms. The number of aryl methyl sites for hydroxylation is 1. The van der Waals surface area contributed by atoms with Crippen molar-refractivity contribution < 1.29 is 9.53 Å². The van der Waals surface area contributed by atoms with Gasteiger partial charge in [0.2, 0.25) is 0 Å². The van der Waals surface area contributed by atoms with Crippen molar-refractivity contribution >= 4 is 51.3 Å². The Hall–Kier alpha value is -1.56. The van der Waals surface area contributed by atoms with Crippen LogP contribution in [-0.4, -0.2) is 18.7 Å². The molecule has 0 saturated heterocycles. The zero-order valence-corrected chi connectivity index (χ0v) is 16.0. The number of carbonyl (C=O) groups is 1. The summed E-state index contributed by atoms with van der Waals surface area (Å²) in [4.78, 5) is 11.8. The highest BCUT2D eigenvalue weighted by molar-refractivity contribution is 9.10. The lowest BCUT2D eigenvalue weighted by atomic mass is 10.1. The van der Waals surface area contributed by atoms with Gasteiger partial charge in [0.1, 0.15) is 5.75 Å². The van der Waals surface area contributed by atoms with Crippen LogP contribution in [0.15, 0.2) is 46.0 Å². The topological polar surface area (TPSA) is 50.7 Å². The second-order valence-corrected chi connectivity index (χ2v) is 6.61. The molecule has 0 unspecified atom stereocenters. The average molecular weight is 430 g/mol. The largest absolute Gasteiger partial charge is 0.483 e. The van der Waals surface area contributed by atoms with Crippen LogP contribution < -0.4 is 10.2 Å². The monoisotopic (exact) mass is 428 g/mol. The van der Waals surface area contributed by atoms with E-state index in [1.165, 1.54) is 6.21 Å². The lowest BCUT2D eigenvalue weighted by Crippen LogP contribution is -2.24. The van der Waals surface area contributed by atoms with Crippen molar-refractivity contribution in [2.75, 3.05) is 6.61 Å². The van der Waals surface area contributed by atoms with E-state index in [1.807, 2.05) is 25.1 Å². The molecule has 126 valence electrons. The number of hydrogen-bond acceptors (Lipinski definition) is 3. The van der Waals surface area contributed by atoms with E-state index in [0.29, 0.717) is 21.4 Å². The maximum absolute atomic E-state index is 11.8. The second-order valence-electron chi connectivity index (χ2n) is 4.85. The molecule has 0 fully saturated rings. The highest BCUT2D eigenvalue weighted by Crippen LogP contribution is 2.23. The standard InChI is InChI=1S/C17H15BrCl2N2O2/c1-2-11-7-13(18)4-6-16(11)24-10-17(23)22-21-9-12-3-5-14(19)8-15(12)20/h3-9H,2,10H2,1H3,(H,22,23)/b21-9+. The molecule has 0 aliphatic rings. The number of amides is 1. The van der Waals surface area contributed by atoms with Crippen molar-refractivity contribution in [1.82, 2.24) is 5.43 Å². The van der Waals surface area contributed by atoms with E-state index in [2.05, 4.69) is 26.5 Å². The van der Waals surface area contributed by atoms with Crippen molar-refractivity contribution in [3.63, 3.8) is 0 Å². The molecule has 2 aromatic carbocycles. The highest BCUT2D eigenvalue weighted by atomic mass is 79.9. The Kier molecular flexibility index (Phi) is 7.09. The molecule has 0 aliphatic heterocycles. The summed E-state index contributed by atoms with van der Waals surface area (Å²) < 4.78 is 6.51. The predicted molar refractivity (Wildman–Crippen MR) is 101 cm³/mol. The van der Waals surface area contributed by atoms with Gasteiger partial charge in [-0.25, -0.2) is 5.43 Å². The fourth-order valence-corrected chi connectivity index (χ4v) is 2.79. The van der Waals surface area contributed by atoms with Crippen LogP contribution in [0.5, 0.6) is 5.75 Å². The molecule has 0 aromatic heterocycles. The zero-order valence-electron chi connectivity index (χ0n) is 12.9. The third kappa shape index (κ3) is 5.51. The Bertz CT molecular complexity index is 766. The fraction of sp³-hybridized carbons (Fsp3) is 0.176. The number of rotatable bonds is 6. The van der Waals surface area contributed by atoms with Crippen LogP contribution in [0.25, 0.3) is 0 Å². The first-order valence-electron chi connectivity index (χ1n) is 7.17. The maximum Gasteiger partial charge on any atom is 0.277 e. The molecule has 2 aromatic rings. The predicted octanol–water partition coefficient (Wildman–Crippen LogP) is 4.85. The number of halogens is 3. The van der Waals surface area contributed by atoms with E-state index in [0.717, 1.165) is 16.5 Å². The number of carbonyl (C=O) groups excluding carboxylic acids is 1. The normalized spacial score (nSPS) is 10.8. The van der Waals surface area contributed by atoms with Gasteiger partial charge in [0.15, 0.2) is 6.61 Å². The average Bonchev–Trinajstić information content (AvgIpc) is 2.55. The molecule has 0 aliphatic carbocycles. The maximum atomic E-state index is 11.8. The van der Waals surface area contributed by atoms with Crippen LogP contribution in [0.4, 0.5) is 0 Å². The van der Waals surface area contributed by atoms with E-state index < -0.39 is 0 Å². The molecule has 0 saturated carbocycles. The smallest absolute Gasteiger partial charge is 0.277 e. The SMILES string of the molecule is CCc1cc(Br)ccc1OCC(=O)N/N=C/c1ccc(Cl)cc1Cl. The zero-order chi connectivity index (χ0) is 17.5. The summed E-state index contributed by atoms with van der Waals surface area (Å²) in [7, 11) is 0. The summed E-state index contributed by atoms with van der Waals surface area (Å²) in [6.07, 6.45) is 2.26. The number of nitrogens with zero attached hydrogens (tertiary/aromatic N) is 1. The first kappa shape index (κ1) is 18.8. The Balaban J connectivity index is 1.88. The van der Waals surface area contributed by atoms with Gasteiger partial charge in [-0.05, 0) is 42.3 Å². The lowest BCUT2D eigenvalue weighted by molar-refractivity contribution is -0.123. The van der Waals surface area contributed by atoms with Gasteiger partial charge in [0.25, 0.3) is 5.91 Å². The summed E-state index contributed by atoms with van der Waals surface area (Å²) in [6, 6.07) is 10.7. The number of benzene rings is 2. The molecule has 0 atom stereocenters. The quantitative estimate of drug-likeness (QED) is 0.527. The van der Waals surface area contributed by atoms with Crippen LogP contribution in [-0.2, 0) is 11.2 Å². The van der Waals surface area contributed by atoms with Gasteiger partial charge < -0.3 is 4.74 Å². The van der Waals surface area contributed by atoms with Gasteiger partial charge in [-0.2, -0.15) is 5.10 Å². The molecule has 24 heavy (non-hydrogen) atoms. The molecule has 1 amide bonds. The molecule has 1 N–H and O–H groups in total. The van der Waals surface area contributed by atoms with Gasteiger partial charge in [-0.1, -0.05) is 52.1 Å². The minimum atomic E-state index is -0.360. The van der Waals surface area contributed by atoms with E-state index >= 15 is 0 Å². The van der Waals surface area contributed by atoms with Crippen molar-refractivity contribution in [3.8, 4) is 5.75 Å². The van der Waals surface area contributed by atoms with Gasteiger partial charge in [0.05, 0.1) is 11.2 Å². The minimum absolute atomic E-state index is 0.125. The molecular weight excluding hydrogens is 415 g/mol. The van der Waals surface area contributed by atoms with Crippen LogP contribution in [0.1, 0.15) is 18.1 Å². The fourth-order valence-electron chi connectivity index (χ4n) is 1.92. The van der Waals surface area contributed by atoms with Crippen LogP contribution in [0, 0.1) is 0 Å². The van der Waals surface area contributed by atoms with E-state index in [-0.39, 0.29) is 12.5 Å². The molecule has 0 radical (unpaired) electrons. The Morgan fingerprint density at radius 2 is 2.08 bits per heavy atom. The molecule has 7 heteroatoms. The van der Waals surface area contributed by atoms with Crippen molar-refractivity contribution in [2.24, 2.45) is 5.10 Å². The molecular formula is C17H15BrCl2N2O2. The van der Waals surface area contributed by atoms with E-state index in [1.54, 1.807) is 18.2 Å². The Labute approximate surface area is 158 Å². The Morgan fingerprint density at radius 1 is 1.29 bits per heavy atom. The Morgan fingerprint density at radius 3 is 2.79 bits per heavy atom. The van der Waals surface area contributed by atoms with Gasteiger partial charge in [0, 0.05) is 15.1 Å². The van der Waals surface area contributed by atoms with Crippen molar-refractivity contribution in [3.05, 3.63) is 62.0 Å². The van der Waals surface area contributed by atoms with Gasteiger partial charge in [-0.3, -0.25) is 4.79 Å². The van der Waals surface area contributed by atoms with Gasteiger partial charge in [-0.15, -0.1) is 0 Å². The van der Waals surface area contributed by atoms with Crippen LogP contribution in [0.3, 0.4) is 0 Å². The first-order chi connectivity index (χ1) is 11.5. The minimum Gasteiger partial charge on any atom is -0.483 e. The summed E-state index contributed by atoms with van der Waals surface area (Å²) in [6.45, 7) is 1.90. The van der Waals surface area contributed by atoms with Crippen LogP contribution >= 0.6 is 39.1 Å². The van der Waals surface area contributed by atoms with Crippen molar-refractivity contribution in [1.29, 1.82) is 0 Å².